The average molecular weight is 413 g/mol. The summed E-state index contributed by atoms with van der Waals surface area (Å²) in [7, 11) is 0. The highest BCUT2D eigenvalue weighted by Gasteiger charge is 2.36. The van der Waals surface area contributed by atoms with Crippen LogP contribution >= 0.6 is 0 Å². The van der Waals surface area contributed by atoms with Crippen LogP contribution in [0.3, 0.4) is 0 Å². The molecule has 0 unspecified atom stereocenters. The van der Waals surface area contributed by atoms with E-state index in [1.54, 1.807) is 11.2 Å². The number of imidazole rings is 1. The number of fused-ring (bicyclic) bond motifs is 2. The van der Waals surface area contributed by atoms with Gasteiger partial charge in [0.05, 0.1) is 12.0 Å². The van der Waals surface area contributed by atoms with Gasteiger partial charge in [-0.15, -0.1) is 10.2 Å². The van der Waals surface area contributed by atoms with E-state index in [-0.39, 0.29) is 24.6 Å². The molecular weight excluding hydrogens is 396 g/mol. The van der Waals surface area contributed by atoms with Gasteiger partial charge in [0.1, 0.15) is 17.4 Å². The molecule has 1 N–H and O–H groups in total. The number of amides is 1. The minimum Gasteiger partial charge on any atom is -0.458 e. The fourth-order valence-electron chi connectivity index (χ4n) is 3.78. The maximum atomic E-state index is 13.1. The van der Waals surface area contributed by atoms with E-state index in [4.69, 9.17) is 8.83 Å². The van der Waals surface area contributed by atoms with E-state index >= 15 is 0 Å². The van der Waals surface area contributed by atoms with Crippen molar-refractivity contribution in [2.45, 2.75) is 31.7 Å². The predicted molar refractivity (Wildman–Crippen MR) is 99.6 cm³/mol. The van der Waals surface area contributed by atoms with Crippen molar-refractivity contribution in [3.63, 3.8) is 0 Å². The fourth-order valence-corrected chi connectivity index (χ4v) is 3.78. The number of aryl methyl sites for hydroxylation is 1. The number of hydrogen-bond donors (Lipinski definition) is 1. The summed E-state index contributed by atoms with van der Waals surface area (Å²) in [6, 6.07) is 9.06. The number of carbonyl (C=O) groups excluding carboxylic acids is 1. The van der Waals surface area contributed by atoms with Gasteiger partial charge in [-0.3, -0.25) is 4.79 Å². The van der Waals surface area contributed by atoms with Gasteiger partial charge in [0.2, 0.25) is 11.8 Å². The number of aromatic amines is 1. The number of nitrogens with one attached hydrogen (secondary N) is 1. The van der Waals surface area contributed by atoms with E-state index in [9.17, 15) is 13.6 Å². The number of alkyl halides is 2. The van der Waals surface area contributed by atoms with Crippen molar-refractivity contribution in [3.05, 3.63) is 65.6 Å². The molecule has 0 aliphatic carbocycles. The summed E-state index contributed by atoms with van der Waals surface area (Å²) in [5.41, 5.74) is 2.43. The maximum Gasteiger partial charge on any atom is 0.314 e. The smallest absolute Gasteiger partial charge is 0.314 e. The molecule has 154 valence electrons. The van der Waals surface area contributed by atoms with Gasteiger partial charge in [-0.2, -0.15) is 8.78 Å². The third-order valence-corrected chi connectivity index (χ3v) is 5.18. The molecule has 8 nitrogen and oxygen atoms in total. The molecule has 0 saturated carbocycles. The summed E-state index contributed by atoms with van der Waals surface area (Å²) >= 11 is 0. The Morgan fingerprint density at radius 1 is 1.27 bits per heavy atom. The second kappa shape index (κ2) is 7.36. The molecule has 5 rings (SSSR count). The number of carbonyl (C=O) groups is 1. The molecule has 1 aliphatic rings. The molecular formula is C20H17F2N5O3. The van der Waals surface area contributed by atoms with Gasteiger partial charge >= 0.3 is 6.43 Å². The van der Waals surface area contributed by atoms with Gasteiger partial charge in [-0.1, -0.05) is 18.2 Å². The molecule has 3 aromatic heterocycles. The predicted octanol–water partition coefficient (Wildman–Crippen LogP) is 3.58. The lowest BCUT2D eigenvalue weighted by molar-refractivity contribution is -0.133. The molecule has 4 heterocycles. The number of furan rings is 1. The number of aromatic nitrogens is 4. The topological polar surface area (TPSA) is 101 Å². The lowest BCUT2D eigenvalue weighted by Gasteiger charge is -2.33. The van der Waals surface area contributed by atoms with Crippen LogP contribution in [0.25, 0.3) is 11.0 Å². The third-order valence-electron chi connectivity index (χ3n) is 5.18. The zero-order valence-electron chi connectivity index (χ0n) is 15.7. The molecule has 0 spiro atoms. The van der Waals surface area contributed by atoms with Crippen LogP contribution < -0.4 is 0 Å². The first kappa shape index (κ1) is 18.5. The number of nitrogens with zero attached hydrogens (tertiary/aromatic N) is 4. The Morgan fingerprint density at radius 3 is 2.93 bits per heavy atom. The van der Waals surface area contributed by atoms with Gasteiger partial charge < -0.3 is 18.7 Å². The summed E-state index contributed by atoms with van der Waals surface area (Å²) in [6.07, 6.45) is -0.469. The van der Waals surface area contributed by atoms with Gasteiger partial charge in [0.15, 0.2) is 0 Å². The van der Waals surface area contributed by atoms with Crippen LogP contribution in [-0.2, 0) is 17.6 Å². The second-order valence-electron chi connectivity index (χ2n) is 7.03. The number of hydrogen-bond acceptors (Lipinski definition) is 6. The number of H-pyrrole nitrogens is 1. The number of rotatable bonds is 5. The first-order chi connectivity index (χ1) is 14.6. The zero-order valence-corrected chi connectivity index (χ0v) is 15.7. The van der Waals surface area contributed by atoms with E-state index < -0.39 is 18.4 Å². The lowest BCUT2D eigenvalue weighted by Crippen LogP contribution is -2.40. The van der Waals surface area contributed by atoms with Crippen molar-refractivity contribution >= 4 is 16.9 Å². The van der Waals surface area contributed by atoms with Crippen molar-refractivity contribution in [2.24, 2.45) is 0 Å². The summed E-state index contributed by atoms with van der Waals surface area (Å²) in [5.74, 6) is -0.283. The van der Waals surface area contributed by atoms with Crippen LogP contribution in [0.5, 0.6) is 0 Å². The summed E-state index contributed by atoms with van der Waals surface area (Å²) < 4.78 is 36.2. The molecule has 1 aliphatic heterocycles. The van der Waals surface area contributed by atoms with Crippen LogP contribution in [0.2, 0.25) is 0 Å². The SMILES string of the molecule is O=C(CCc1nnc(C(F)F)o1)N1CCc2[nH]cnc2[C@H]1c1cc2ccccc2o1. The molecule has 30 heavy (non-hydrogen) atoms. The minimum absolute atomic E-state index is 0.0106. The molecule has 0 saturated heterocycles. The summed E-state index contributed by atoms with van der Waals surface area (Å²) in [6.45, 7) is 0.474. The van der Waals surface area contributed by atoms with Crippen LogP contribution in [-0.4, -0.2) is 37.5 Å². The second-order valence-corrected chi connectivity index (χ2v) is 7.03. The number of halogens is 2. The first-order valence-corrected chi connectivity index (χ1v) is 9.50. The largest absolute Gasteiger partial charge is 0.458 e. The van der Waals surface area contributed by atoms with Gasteiger partial charge in [-0.05, 0) is 12.1 Å². The van der Waals surface area contributed by atoms with Gasteiger partial charge in [0, 0.05) is 36.9 Å². The number of para-hydroxylation sites is 1. The summed E-state index contributed by atoms with van der Waals surface area (Å²) in [4.78, 5) is 22.3. The molecule has 0 bridgehead atoms. The molecule has 1 atom stereocenters. The monoisotopic (exact) mass is 413 g/mol. The van der Waals surface area contributed by atoms with E-state index in [1.165, 1.54) is 0 Å². The highest BCUT2D eigenvalue weighted by molar-refractivity contribution is 5.80. The third kappa shape index (κ3) is 3.23. The Balaban J connectivity index is 1.41. The van der Waals surface area contributed by atoms with Crippen LogP contribution in [0, 0.1) is 0 Å². The van der Waals surface area contributed by atoms with Gasteiger partial charge in [0.25, 0.3) is 5.89 Å². The Morgan fingerprint density at radius 2 is 2.13 bits per heavy atom. The van der Waals surface area contributed by atoms with Crippen LogP contribution in [0.4, 0.5) is 8.78 Å². The van der Waals surface area contributed by atoms with Crippen molar-refractivity contribution < 1.29 is 22.4 Å². The molecule has 10 heteroatoms. The standard InChI is InChI=1S/C20H17F2N5O3/c21-19(22)20-26-25-15(30-20)5-6-16(28)27-8-7-12-17(24-10-23-12)18(27)14-9-11-3-1-2-4-13(11)29-14/h1-4,9-10,18-19H,5-8H2,(H,23,24)/t18-/m1/s1. The molecule has 0 fully saturated rings. The van der Waals surface area contributed by atoms with Gasteiger partial charge in [-0.25, -0.2) is 4.98 Å². The highest BCUT2D eigenvalue weighted by Crippen LogP contribution is 2.36. The van der Waals surface area contributed by atoms with E-state index in [0.717, 1.165) is 22.4 Å². The number of benzene rings is 1. The quantitative estimate of drug-likeness (QED) is 0.537. The normalized spacial score (nSPS) is 16.4. The fraction of sp³-hybridized carbons (Fsp3) is 0.300. The van der Waals surface area contributed by atoms with Crippen LogP contribution in [0.1, 0.15) is 47.8 Å². The molecule has 0 radical (unpaired) electrons. The van der Waals surface area contributed by atoms with Crippen molar-refractivity contribution in [2.75, 3.05) is 6.54 Å². The van der Waals surface area contributed by atoms with E-state index in [2.05, 4.69) is 20.2 Å². The van der Waals surface area contributed by atoms with Crippen molar-refractivity contribution in [1.29, 1.82) is 0 Å². The lowest BCUT2D eigenvalue weighted by atomic mass is 9.99. The zero-order chi connectivity index (χ0) is 20.7. The molecule has 1 aromatic carbocycles. The Bertz CT molecular complexity index is 1160. The summed E-state index contributed by atoms with van der Waals surface area (Å²) in [5, 5.41) is 7.82. The Labute approximate surface area is 168 Å². The van der Waals surface area contributed by atoms with E-state index in [1.807, 2.05) is 30.3 Å². The van der Waals surface area contributed by atoms with Crippen LogP contribution in [0.15, 0.2) is 45.5 Å². The van der Waals surface area contributed by atoms with Crippen molar-refractivity contribution in [1.82, 2.24) is 25.1 Å². The first-order valence-electron chi connectivity index (χ1n) is 9.50. The van der Waals surface area contributed by atoms with Crippen molar-refractivity contribution in [3.8, 4) is 0 Å². The molecule has 4 aromatic rings. The molecule has 1 amide bonds. The Kier molecular flexibility index (Phi) is 4.53. The highest BCUT2D eigenvalue weighted by atomic mass is 19.3. The minimum atomic E-state index is -2.83. The van der Waals surface area contributed by atoms with E-state index in [0.29, 0.717) is 18.7 Å². The maximum absolute atomic E-state index is 13.1. The Hall–Kier alpha value is -3.56. The average Bonchev–Trinajstić information content (AvgIpc) is 3.49.